The highest BCUT2D eigenvalue weighted by Crippen LogP contribution is 2.55. The molecule has 0 N–H and O–H groups in total. The van der Waals surface area contributed by atoms with Gasteiger partial charge >= 0.3 is 0 Å². The van der Waals surface area contributed by atoms with Gasteiger partial charge in [0.25, 0.3) is 0 Å². The van der Waals surface area contributed by atoms with Gasteiger partial charge in [-0.3, -0.25) is 4.98 Å². The third-order valence-corrected chi connectivity index (χ3v) is 5.46. The summed E-state index contributed by atoms with van der Waals surface area (Å²) in [6.45, 7) is 2.13. The predicted molar refractivity (Wildman–Crippen MR) is 82.7 cm³/mol. The van der Waals surface area contributed by atoms with E-state index in [-0.39, 0.29) is 0 Å². The van der Waals surface area contributed by atoms with E-state index in [1.807, 2.05) is 6.20 Å². The van der Waals surface area contributed by atoms with Crippen molar-refractivity contribution in [2.75, 3.05) is 0 Å². The molecule has 2 bridgehead atoms. The summed E-state index contributed by atoms with van der Waals surface area (Å²) in [5.41, 5.74) is 5.68. The SMILES string of the molecule is Cc1ccc(-c2cc(C34CCC(CC3)C4)ccn2)cc1. The fourth-order valence-corrected chi connectivity index (χ4v) is 4.24. The molecule has 0 atom stereocenters. The highest BCUT2D eigenvalue weighted by Gasteiger charge is 2.45. The second-order valence-corrected chi connectivity index (χ2v) is 6.72. The largest absolute Gasteiger partial charge is 0.256 e. The summed E-state index contributed by atoms with van der Waals surface area (Å²) in [5.74, 6) is 0.992. The summed E-state index contributed by atoms with van der Waals surface area (Å²) in [6.07, 6.45) is 9.05. The van der Waals surface area contributed by atoms with E-state index < -0.39 is 0 Å². The minimum absolute atomic E-state index is 0.479. The molecule has 1 aromatic heterocycles. The Labute approximate surface area is 121 Å². The Kier molecular flexibility index (Phi) is 2.70. The van der Waals surface area contributed by atoms with Crippen LogP contribution in [0.5, 0.6) is 0 Å². The molecule has 2 aliphatic carbocycles. The fourth-order valence-electron chi connectivity index (χ4n) is 4.24. The molecule has 0 radical (unpaired) electrons. The van der Waals surface area contributed by atoms with E-state index in [4.69, 9.17) is 0 Å². The monoisotopic (exact) mass is 263 g/mol. The molecule has 2 aliphatic rings. The van der Waals surface area contributed by atoms with Gasteiger partial charge in [0.2, 0.25) is 0 Å². The van der Waals surface area contributed by atoms with Crippen molar-refractivity contribution in [3.63, 3.8) is 0 Å². The van der Waals surface area contributed by atoms with Crippen molar-refractivity contribution in [3.05, 3.63) is 53.7 Å². The molecule has 2 saturated carbocycles. The maximum atomic E-state index is 4.59. The van der Waals surface area contributed by atoms with Crippen molar-refractivity contribution < 1.29 is 0 Å². The van der Waals surface area contributed by atoms with Gasteiger partial charge in [-0.1, -0.05) is 29.8 Å². The van der Waals surface area contributed by atoms with Crippen molar-refractivity contribution in [1.82, 2.24) is 4.98 Å². The number of hydrogen-bond donors (Lipinski definition) is 0. The summed E-state index contributed by atoms with van der Waals surface area (Å²) in [5, 5.41) is 0. The second kappa shape index (κ2) is 4.44. The van der Waals surface area contributed by atoms with Crippen molar-refractivity contribution in [1.29, 1.82) is 0 Å². The molecule has 0 saturated heterocycles. The summed E-state index contributed by atoms with van der Waals surface area (Å²) in [6, 6.07) is 13.3. The van der Waals surface area contributed by atoms with Crippen LogP contribution < -0.4 is 0 Å². The first kappa shape index (κ1) is 12.1. The van der Waals surface area contributed by atoms with Crippen LogP contribution in [0.15, 0.2) is 42.6 Å². The zero-order chi connectivity index (χ0) is 13.6. The van der Waals surface area contributed by atoms with E-state index in [1.54, 1.807) is 0 Å². The van der Waals surface area contributed by atoms with E-state index in [0.717, 1.165) is 11.6 Å². The summed E-state index contributed by atoms with van der Waals surface area (Å²) < 4.78 is 0. The maximum Gasteiger partial charge on any atom is 0.0704 e. The molecule has 4 rings (SSSR count). The van der Waals surface area contributed by atoms with Gasteiger partial charge < -0.3 is 0 Å². The van der Waals surface area contributed by atoms with Gasteiger partial charge in [0, 0.05) is 11.8 Å². The number of rotatable bonds is 2. The fraction of sp³-hybridized carbons (Fsp3) is 0.421. The average Bonchev–Trinajstić information content (AvgIpc) is 3.10. The Morgan fingerprint density at radius 2 is 1.80 bits per heavy atom. The molecule has 0 aliphatic heterocycles. The minimum atomic E-state index is 0.479. The number of fused-ring (bicyclic) bond motifs is 2. The Bertz CT molecular complexity index is 618. The Morgan fingerprint density at radius 3 is 2.45 bits per heavy atom. The predicted octanol–water partition coefficient (Wildman–Crippen LogP) is 4.89. The Balaban J connectivity index is 1.73. The average molecular weight is 263 g/mol. The smallest absolute Gasteiger partial charge is 0.0704 e. The van der Waals surface area contributed by atoms with E-state index in [1.165, 1.54) is 48.8 Å². The maximum absolute atomic E-state index is 4.59. The van der Waals surface area contributed by atoms with Gasteiger partial charge in [0.1, 0.15) is 0 Å². The molecular weight excluding hydrogens is 242 g/mol. The molecule has 1 nitrogen and oxygen atoms in total. The van der Waals surface area contributed by atoms with E-state index in [2.05, 4.69) is 48.3 Å². The van der Waals surface area contributed by atoms with Gasteiger partial charge in [-0.25, -0.2) is 0 Å². The molecule has 1 aromatic carbocycles. The standard InChI is InChI=1S/C19H21N/c1-14-2-4-16(5-3-14)18-12-17(8-11-20-18)19-9-6-15(13-19)7-10-19/h2-5,8,11-12,15H,6-7,9-10,13H2,1H3. The highest BCUT2D eigenvalue weighted by molar-refractivity contribution is 5.60. The highest BCUT2D eigenvalue weighted by atomic mass is 14.7. The van der Waals surface area contributed by atoms with E-state index >= 15 is 0 Å². The molecule has 1 heterocycles. The molecule has 0 amide bonds. The van der Waals surface area contributed by atoms with Crippen LogP contribution in [0.2, 0.25) is 0 Å². The van der Waals surface area contributed by atoms with Crippen LogP contribution in [0.4, 0.5) is 0 Å². The van der Waals surface area contributed by atoms with Gasteiger partial charge in [-0.05, 0) is 68.1 Å². The molecule has 0 unspecified atom stereocenters. The van der Waals surface area contributed by atoms with Crippen LogP contribution in [-0.4, -0.2) is 4.98 Å². The minimum Gasteiger partial charge on any atom is -0.256 e. The third-order valence-electron chi connectivity index (χ3n) is 5.46. The number of hydrogen-bond acceptors (Lipinski definition) is 1. The topological polar surface area (TPSA) is 12.9 Å². The number of benzene rings is 1. The number of aromatic nitrogens is 1. The van der Waals surface area contributed by atoms with Crippen LogP contribution in [0.25, 0.3) is 11.3 Å². The first-order chi connectivity index (χ1) is 9.75. The quantitative estimate of drug-likeness (QED) is 0.752. The normalized spacial score (nSPS) is 27.9. The summed E-state index contributed by atoms with van der Waals surface area (Å²) >= 11 is 0. The van der Waals surface area contributed by atoms with Crippen LogP contribution in [-0.2, 0) is 5.41 Å². The van der Waals surface area contributed by atoms with Crippen LogP contribution >= 0.6 is 0 Å². The van der Waals surface area contributed by atoms with Gasteiger partial charge in [-0.2, -0.15) is 0 Å². The molecule has 20 heavy (non-hydrogen) atoms. The molecule has 2 aromatic rings. The zero-order valence-corrected chi connectivity index (χ0v) is 12.1. The lowest BCUT2D eigenvalue weighted by atomic mass is 9.78. The number of nitrogens with zero attached hydrogens (tertiary/aromatic N) is 1. The Hall–Kier alpha value is -1.63. The van der Waals surface area contributed by atoms with Crippen molar-refractivity contribution in [3.8, 4) is 11.3 Å². The van der Waals surface area contributed by atoms with Crippen LogP contribution in [0.1, 0.15) is 43.2 Å². The first-order valence-electron chi connectivity index (χ1n) is 7.79. The van der Waals surface area contributed by atoms with Gasteiger partial charge in [0.15, 0.2) is 0 Å². The lowest BCUT2D eigenvalue weighted by Crippen LogP contribution is -2.19. The van der Waals surface area contributed by atoms with Crippen molar-refractivity contribution in [2.45, 2.75) is 44.4 Å². The lowest BCUT2D eigenvalue weighted by Gasteiger charge is -2.27. The first-order valence-corrected chi connectivity index (χ1v) is 7.79. The van der Waals surface area contributed by atoms with Crippen molar-refractivity contribution >= 4 is 0 Å². The molecule has 2 fully saturated rings. The summed E-state index contributed by atoms with van der Waals surface area (Å²) in [4.78, 5) is 4.59. The third kappa shape index (κ3) is 1.88. The van der Waals surface area contributed by atoms with Gasteiger partial charge in [0.05, 0.1) is 5.69 Å². The van der Waals surface area contributed by atoms with Crippen molar-refractivity contribution in [2.24, 2.45) is 5.92 Å². The summed E-state index contributed by atoms with van der Waals surface area (Å²) in [7, 11) is 0. The van der Waals surface area contributed by atoms with Crippen LogP contribution in [0, 0.1) is 12.8 Å². The molecule has 102 valence electrons. The van der Waals surface area contributed by atoms with E-state index in [9.17, 15) is 0 Å². The molecule has 0 spiro atoms. The molecule has 1 heteroatoms. The number of aryl methyl sites for hydroxylation is 1. The van der Waals surface area contributed by atoms with E-state index in [0.29, 0.717) is 5.41 Å². The lowest BCUT2D eigenvalue weighted by molar-refractivity contribution is 0.419. The van der Waals surface area contributed by atoms with Crippen LogP contribution in [0.3, 0.4) is 0 Å². The number of pyridine rings is 1. The zero-order valence-electron chi connectivity index (χ0n) is 12.1. The van der Waals surface area contributed by atoms with Gasteiger partial charge in [-0.15, -0.1) is 0 Å². The second-order valence-electron chi connectivity index (χ2n) is 6.72. The molecular formula is C19H21N. The Morgan fingerprint density at radius 1 is 1.05 bits per heavy atom.